The van der Waals surface area contributed by atoms with Gasteiger partial charge in [-0.25, -0.2) is 0 Å². The van der Waals surface area contributed by atoms with Crippen LogP contribution in [0.25, 0.3) is 0 Å². The molecule has 0 saturated carbocycles. The van der Waals surface area contributed by atoms with E-state index < -0.39 is 61.5 Å². The smallest absolute Gasteiger partial charge is 0.249 e. The van der Waals surface area contributed by atoms with E-state index in [4.69, 9.17) is 9.47 Å². The monoisotopic (exact) mass is 714 g/mol. The minimum Gasteiger partial charge on any atom is -0.394 e. The first-order valence-electron chi connectivity index (χ1n) is 20.2. The van der Waals surface area contributed by atoms with Gasteiger partial charge in [0.1, 0.15) is 30.5 Å². The second-order valence-corrected chi connectivity index (χ2v) is 14.2. The minimum absolute atomic E-state index is 0.306. The van der Waals surface area contributed by atoms with Crippen molar-refractivity contribution < 1.29 is 44.9 Å². The van der Waals surface area contributed by atoms with Gasteiger partial charge in [0, 0.05) is 0 Å². The summed E-state index contributed by atoms with van der Waals surface area (Å²) in [6.07, 6.45) is 24.1. The molecule has 1 saturated heterocycles. The topological polar surface area (TPSA) is 169 Å². The van der Waals surface area contributed by atoms with Crippen LogP contribution in [0, 0.1) is 0 Å². The second-order valence-electron chi connectivity index (χ2n) is 14.2. The van der Waals surface area contributed by atoms with Crippen LogP contribution in [0.1, 0.15) is 162 Å². The predicted octanol–water partition coefficient (Wildman–Crippen LogP) is 6.13. The van der Waals surface area contributed by atoms with Crippen LogP contribution in [0.15, 0.2) is 24.3 Å². The molecule has 1 fully saturated rings. The number of nitrogens with one attached hydrogen (secondary N) is 1. The third-order valence-electron chi connectivity index (χ3n) is 9.64. The van der Waals surface area contributed by atoms with Crippen molar-refractivity contribution in [1.82, 2.24) is 5.32 Å². The lowest BCUT2D eigenvalue weighted by Gasteiger charge is -2.40. The number of hydrogen-bond donors (Lipinski definition) is 7. The summed E-state index contributed by atoms with van der Waals surface area (Å²) in [4.78, 5) is 12.9. The molecule has 1 rings (SSSR count). The lowest BCUT2D eigenvalue weighted by Crippen LogP contribution is -2.60. The summed E-state index contributed by atoms with van der Waals surface area (Å²) in [6, 6.07) is -0.990. The van der Waals surface area contributed by atoms with Crippen molar-refractivity contribution in [2.24, 2.45) is 0 Å². The van der Waals surface area contributed by atoms with Crippen LogP contribution in [-0.2, 0) is 14.3 Å². The summed E-state index contributed by atoms with van der Waals surface area (Å²) in [7, 11) is 0. The molecule has 0 bridgehead atoms. The SMILES string of the molecule is CCCCCCCCC/C=C/CC/C=C/[C@@H](O)[C@H](CO[C@@H]1O[C@H](CO)[C@@H](O)[C@H](O)[C@H]1O)NC(=O)[C@@H](O)CCCCCCCCCCCCCC. The van der Waals surface area contributed by atoms with Crippen molar-refractivity contribution in [3.63, 3.8) is 0 Å². The third kappa shape index (κ3) is 21.9. The van der Waals surface area contributed by atoms with Crippen LogP contribution in [-0.4, -0.2) is 98.7 Å². The Bertz CT molecular complexity index is 855. The van der Waals surface area contributed by atoms with E-state index in [0.717, 1.165) is 32.1 Å². The van der Waals surface area contributed by atoms with Crippen LogP contribution >= 0.6 is 0 Å². The Morgan fingerprint density at radius 1 is 0.680 bits per heavy atom. The van der Waals surface area contributed by atoms with Gasteiger partial charge in [-0.15, -0.1) is 0 Å². The molecule has 1 amide bonds. The zero-order valence-electron chi connectivity index (χ0n) is 31.5. The lowest BCUT2D eigenvalue weighted by molar-refractivity contribution is -0.302. The number of aliphatic hydroxyl groups is 6. The van der Waals surface area contributed by atoms with Crippen LogP contribution in [0.3, 0.4) is 0 Å². The molecule has 1 aliphatic rings. The summed E-state index contributed by atoms with van der Waals surface area (Å²) < 4.78 is 11.1. The molecule has 7 N–H and O–H groups in total. The minimum atomic E-state index is -1.61. The van der Waals surface area contributed by atoms with E-state index in [1.54, 1.807) is 6.08 Å². The van der Waals surface area contributed by atoms with E-state index in [2.05, 4.69) is 31.3 Å². The molecule has 50 heavy (non-hydrogen) atoms. The van der Waals surface area contributed by atoms with Crippen LogP contribution < -0.4 is 5.32 Å². The maximum Gasteiger partial charge on any atom is 0.249 e. The molecule has 0 aromatic carbocycles. The Morgan fingerprint density at radius 2 is 1.18 bits per heavy atom. The van der Waals surface area contributed by atoms with E-state index in [1.807, 2.05) is 6.08 Å². The van der Waals surface area contributed by atoms with Crippen molar-refractivity contribution in [2.45, 2.75) is 210 Å². The van der Waals surface area contributed by atoms with Crippen molar-refractivity contribution >= 4 is 5.91 Å². The summed E-state index contributed by atoms with van der Waals surface area (Å²) in [5.74, 6) is -0.628. The van der Waals surface area contributed by atoms with Gasteiger partial charge in [0.15, 0.2) is 6.29 Å². The third-order valence-corrected chi connectivity index (χ3v) is 9.64. The molecular weight excluding hydrogens is 638 g/mol. The van der Waals surface area contributed by atoms with E-state index >= 15 is 0 Å². The van der Waals surface area contributed by atoms with Crippen molar-refractivity contribution in [2.75, 3.05) is 13.2 Å². The molecule has 0 aromatic heterocycles. The number of amides is 1. The molecule has 10 heteroatoms. The molecule has 0 unspecified atom stereocenters. The zero-order valence-corrected chi connectivity index (χ0v) is 31.5. The zero-order chi connectivity index (χ0) is 36.8. The van der Waals surface area contributed by atoms with Gasteiger partial charge < -0.3 is 45.4 Å². The van der Waals surface area contributed by atoms with E-state index in [0.29, 0.717) is 19.3 Å². The summed E-state index contributed by atoms with van der Waals surface area (Å²) in [5.41, 5.74) is 0. The van der Waals surface area contributed by atoms with Crippen molar-refractivity contribution in [1.29, 1.82) is 0 Å². The van der Waals surface area contributed by atoms with Gasteiger partial charge in [0.2, 0.25) is 5.91 Å². The van der Waals surface area contributed by atoms with Crippen molar-refractivity contribution in [3.8, 4) is 0 Å². The standard InChI is InChI=1S/C40H75NO9/c1-3-5-7-9-11-13-15-17-19-20-22-24-26-28-33(43)32(31-49-40-38(47)37(46)36(45)35(30-42)50-40)41-39(48)34(44)29-27-25-23-21-18-16-14-12-10-8-6-4-2/h19-20,26,28,32-38,40,42-47H,3-18,21-25,27,29-31H2,1-2H3,(H,41,48)/b20-19+,28-26+/t32-,33+,34-,35+,36+,37-,38+,40+/m0/s1. The van der Waals surface area contributed by atoms with Crippen LogP contribution in [0.5, 0.6) is 0 Å². The van der Waals surface area contributed by atoms with Gasteiger partial charge in [0.25, 0.3) is 0 Å². The number of hydrogen-bond acceptors (Lipinski definition) is 9. The van der Waals surface area contributed by atoms with Gasteiger partial charge in [-0.05, 0) is 32.1 Å². The first-order chi connectivity index (χ1) is 24.3. The average molecular weight is 714 g/mol. The summed E-state index contributed by atoms with van der Waals surface area (Å²) in [5, 5.41) is 64.3. The molecular formula is C40H75NO9. The van der Waals surface area contributed by atoms with Gasteiger partial charge in [-0.3, -0.25) is 4.79 Å². The van der Waals surface area contributed by atoms with Gasteiger partial charge in [-0.1, -0.05) is 154 Å². The predicted molar refractivity (Wildman–Crippen MR) is 199 cm³/mol. The Balaban J connectivity index is 2.54. The van der Waals surface area contributed by atoms with Crippen LogP contribution in [0.2, 0.25) is 0 Å². The highest BCUT2D eigenvalue weighted by Gasteiger charge is 2.44. The molecule has 10 nitrogen and oxygen atoms in total. The maximum absolute atomic E-state index is 12.9. The number of ether oxygens (including phenoxy) is 2. The molecule has 8 atom stereocenters. The Morgan fingerprint density at radius 3 is 1.74 bits per heavy atom. The largest absolute Gasteiger partial charge is 0.394 e. The highest BCUT2D eigenvalue weighted by Crippen LogP contribution is 2.22. The molecule has 294 valence electrons. The molecule has 0 aromatic rings. The molecule has 0 aliphatic carbocycles. The Kier molecular flexibility index (Phi) is 29.1. The number of unbranched alkanes of at least 4 members (excludes halogenated alkanes) is 19. The molecule has 1 aliphatic heterocycles. The Labute approximate surface area is 303 Å². The lowest BCUT2D eigenvalue weighted by atomic mass is 9.99. The van der Waals surface area contributed by atoms with E-state index in [9.17, 15) is 35.4 Å². The highest BCUT2D eigenvalue weighted by atomic mass is 16.7. The van der Waals surface area contributed by atoms with Crippen molar-refractivity contribution in [3.05, 3.63) is 24.3 Å². The second kappa shape index (κ2) is 31.2. The van der Waals surface area contributed by atoms with Gasteiger partial charge in [0.05, 0.1) is 25.4 Å². The van der Waals surface area contributed by atoms with Gasteiger partial charge in [-0.2, -0.15) is 0 Å². The number of allylic oxidation sites excluding steroid dienone is 3. The fraction of sp³-hybridized carbons (Fsp3) is 0.875. The first kappa shape index (κ1) is 46.7. The Hall–Kier alpha value is -1.37. The summed E-state index contributed by atoms with van der Waals surface area (Å²) >= 11 is 0. The molecule has 0 spiro atoms. The fourth-order valence-electron chi connectivity index (χ4n) is 6.24. The normalized spacial score (nSPS) is 23.1. The summed E-state index contributed by atoms with van der Waals surface area (Å²) in [6.45, 7) is 3.54. The number of carbonyl (C=O) groups is 1. The van der Waals surface area contributed by atoms with E-state index in [-0.39, 0.29) is 6.61 Å². The average Bonchev–Trinajstić information content (AvgIpc) is 3.11. The van der Waals surface area contributed by atoms with Gasteiger partial charge >= 0.3 is 0 Å². The quantitative estimate of drug-likeness (QED) is 0.0320. The van der Waals surface area contributed by atoms with Crippen LogP contribution in [0.4, 0.5) is 0 Å². The maximum atomic E-state index is 12.9. The molecule has 1 heterocycles. The highest BCUT2D eigenvalue weighted by molar-refractivity contribution is 5.80. The number of carbonyl (C=O) groups excluding carboxylic acids is 1. The van der Waals surface area contributed by atoms with E-state index in [1.165, 1.54) is 96.3 Å². The number of rotatable bonds is 32. The first-order valence-corrected chi connectivity index (χ1v) is 20.2. The fourth-order valence-corrected chi connectivity index (χ4v) is 6.24. The number of aliphatic hydroxyl groups excluding tert-OH is 6. The molecule has 0 radical (unpaired) electrons.